The highest BCUT2D eigenvalue weighted by molar-refractivity contribution is 5.89. The van der Waals surface area contributed by atoms with Crippen molar-refractivity contribution in [3.63, 3.8) is 0 Å². The van der Waals surface area contributed by atoms with Crippen LogP contribution >= 0.6 is 0 Å². The van der Waals surface area contributed by atoms with E-state index in [9.17, 15) is 4.79 Å². The number of rotatable bonds is 7. The molecule has 0 aromatic carbocycles. The monoisotopic (exact) mass is 279 g/mol. The van der Waals surface area contributed by atoms with Gasteiger partial charge in [-0.3, -0.25) is 0 Å². The number of esters is 1. The Morgan fingerprint density at radius 2 is 2.30 bits per heavy atom. The van der Waals surface area contributed by atoms with E-state index < -0.39 is 0 Å². The van der Waals surface area contributed by atoms with Gasteiger partial charge in [0.25, 0.3) is 0 Å². The van der Waals surface area contributed by atoms with Crippen molar-refractivity contribution in [1.29, 1.82) is 0 Å². The third-order valence-corrected chi connectivity index (χ3v) is 3.32. The summed E-state index contributed by atoms with van der Waals surface area (Å²) in [6.45, 7) is 11.2. The van der Waals surface area contributed by atoms with Crippen LogP contribution in [0.2, 0.25) is 0 Å². The van der Waals surface area contributed by atoms with Crippen molar-refractivity contribution in [3.8, 4) is 0 Å². The van der Waals surface area contributed by atoms with E-state index in [0.29, 0.717) is 26.2 Å². The van der Waals surface area contributed by atoms with Crippen LogP contribution in [-0.4, -0.2) is 36.9 Å². The fourth-order valence-electron chi connectivity index (χ4n) is 2.29. The van der Waals surface area contributed by atoms with Crippen LogP contribution in [-0.2, 0) is 14.3 Å². The van der Waals surface area contributed by atoms with Gasteiger partial charge < -0.3 is 14.4 Å². The third kappa shape index (κ3) is 4.23. The summed E-state index contributed by atoms with van der Waals surface area (Å²) in [7, 11) is 0. The average molecular weight is 279 g/mol. The summed E-state index contributed by atoms with van der Waals surface area (Å²) in [4.78, 5) is 14.0. The van der Waals surface area contributed by atoms with E-state index in [2.05, 4.69) is 11.5 Å². The van der Waals surface area contributed by atoms with Gasteiger partial charge in [-0.05, 0) is 33.6 Å². The third-order valence-electron chi connectivity index (χ3n) is 3.32. The van der Waals surface area contributed by atoms with Crippen LogP contribution in [0.5, 0.6) is 0 Å². The Bertz CT molecular complexity index is 399. The van der Waals surface area contributed by atoms with Crippen molar-refractivity contribution in [2.75, 3.05) is 19.8 Å². The number of ether oxygens (including phenoxy) is 2. The summed E-state index contributed by atoms with van der Waals surface area (Å²) >= 11 is 0. The largest absolute Gasteiger partial charge is 0.463 e. The van der Waals surface area contributed by atoms with Gasteiger partial charge in [0.05, 0.1) is 18.8 Å². The Labute approximate surface area is 121 Å². The van der Waals surface area contributed by atoms with E-state index in [1.165, 1.54) is 0 Å². The van der Waals surface area contributed by atoms with Crippen molar-refractivity contribution >= 4 is 5.97 Å². The molecule has 4 heteroatoms. The van der Waals surface area contributed by atoms with E-state index in [1.54, 1.807) is 0 Å². The van der Waals surface area contributed by atoms with Gasteiger partial charge in [0.15, 0.2) is 0 Å². The molecule has 20 heavy (non-hydrogen) atoms. The number of hydrogen-bond acceptors (Lipinski definition) is 4. The Balaban J connectivity index is 2.85. The number of carbonyl (C=O) groups excluding carboxylic acids is 1. The molecule has 0 amide bonds. The van der Waals surface area contributed by atoms with Crippen LogP contribution in [0.3, 0.4) is 0 Å². The van der Waals surface area contributed by atoms with Crippen LogP contribution in [0.25, 0.3) is 0 Å². The predicted octanol–water partition coefficient (Wildman–Crippen LogP) is 3.02. The summed E-state index contributed by atoms with van der Waals surface area (Å²) in [5.41, 5.74) is 1.68. The molecule has 1 unspecified atom stereocenters. The van der Waals surface area contributed by atoms with Crippen molar-refractivity contribution in [1.82, 2.24) is 4.90 Å². The first-order valence-corrected chi connectivity index (χ1v) is 7.12. The second-order valence-electron chi connectivity index (χ2n) is 4.62. The molecule has 1 heterocycles. The van der Waals surface area contributed by atoms with Gasteiger partial charge in [-0.25, -0.2) is 4.79 Å². The minimum atomic E-state index is -0.217. The maximum absolute atomic E-state index is 11.9. The number of nitrogens with zero attached hydrogens (tertiary/aromatic N) is 1. The molecule has 0 spiro atoms. The van der Waals surface area contributed by atoms with Crippen molar-refractivity contribution in [2.24, 2.45) is 0 Å². The second kappa shape index (κ2) is 8.59. The number of allylic oxidation sites excluding steroid dienone is 2. The van der Waals surface area contributed by atoms with Crippen molar-refractivity contribution < 1.29 is 14.3 Å². The van der Waals surface area contributed by atoms with Gasteiger partial charge in [-0.15, -0.1) is 6.58 Å². The molecule has 0 saturated heterocycles. The molecule has 0 aromatic heterocycles. The summed E-state index contributed by atoms with van der Waals surface area (Å²) in [6.07, 6.45) is 7.24. The quantitative estimate of drug-likeness (QED) is 0.530. The topological polar surface area (TPSA) is 38.8 Å². The first kappa shape index (κ1) is 16.5. The minimum Gasteiger partial charge on any atom is -0.463 e. The molecule has 1 atom stereocenters. The van der Waals surface area contributed by atoms with Gasteiger partial charge in [0.1, 0.15) is 6.23 Å². The van der Waals surface area contributed by atoms with Crippen LogP contribution < -0.4 is 0 Å². The lowest BCUT2D eigenvalue weighted by Gasteiger charge is -2.37. The van der Waals surface area contributed by atoms with Crippen LogP contribution in [0.1, 0.15) is 33.6 Å². The van der Waals surface area contributed by atoms with Gasteiger partial charge in [0, 0.05) is 12.2 Å². The number of hydrogen-bond donors (Lipinski definition) is 0. The zero-order valence-electron chi connectivity index (χ0n) is 12.7. The lowest BCUT2D eigenvalue weighted by atomic mass is 10.0. The van der Waals surface area contributed by atoms with Gasteiger partial charge >= 0.3 is 5.97 Å². The van der Waals surface area contributed by atoms with E-state index in [-0.39, 0.29) is 12.2 Å². The molecule has 0 N–H and O–H groups in total. The predicted molar refractivity (Wildman–Crippen MR) is 80.0 cm³/mol. The molecule has 0 bridgehead atoms. The van der Waals surface area contributed by atoms with Gasteiger partial charge in [0.2, 0.25) is 0 Å². The summed E-state index contributed by atoms with van der Waals surface area (Å²) in [6, 6.07) is 0. The highest BCUT2D eigenvalue weighted by atomic mass is 16.5. The Morgan fingerprint density at radius 3 is 2.90 bits per heavy atom. The maximum atomic E-state index is 11.9. The molecule has 112 valence electrons. The first-order chi connectivity index (χ1) is 9.65. The molecular formula is C16H25NO3. The minimum absolute atomic E-state index is 0.0117. The first-order valence-electron chi connectivity index (χ1n) is 7.12. The Morgan fingerprint density at radius 1 is 1.55 bits per heavy atom. The maximum Gasteiger partial charge on any atom is 0.335 e. The van der Waals surface area contributed by atoms with Gasteiger partial charge in [-0.1, -0.05) is 18.2 Å². The van der Waals surface area contributed by atoms with Crippen LogP contribution in [0.15, 0.2) is 36.1 Å². The Kier molecular flexibility index (Phi) is 7.09. The van der Waals surface area contributed by atoms with Crippen molar-refractivity contribution in [3.05, 3.63) is 36.1 Å². The Hall–Kier alpha value is -1.55. The molecule has 4 nitrogen and oxygen atoms in total. The highest BCUT2D eigenvalue weighted by Crippen LogP contribution is 2.28. The van der Waals surface area contributed by atoms with E-state index in [1.807, 2.05) is 39.0 Å². The standard InChI is InChI=1S/C16H25NO3/c1-5-8-12-20-15-10-9-14(16(18)19-7-3)13(4)17(15)11-6-2/h5-6,8,15H,2,7,9-12H2,1,3-4H3/b8-5+. The average Bonchev–Trinajstić information content (AvgIpc) is 2.43. The van der Waals surface area contributed by atoms with E-state index >= 15 is 0 Å². The van der Waals surface area contributed by atoms with Crippen molar-refractivity contribution in [2.45, 2.75) is 39.8 Å². The molecule has 0 saturated carbocycles. The molecule has 0 radical (unpaired) electrons. The fourth-order valence-corrected chi connectivity index (χ4v) is 2.29. The molecule has 0 aromatic rings. The van der Waals surface area contributed by atoms with Crippen LogP contribution in [0.4, 0.5) is 0 Å². The van der Waals surface area contributed by atoms with E-state index in [0.717, 1.165) is 17.7 Å². The number of carbonyl (C=O) groups is 1. The zero-order valence-corrected chi connectivity index (χ0v) is 12.7. The molecule has 1 rings (SSSR count). The molecule has 0 fully saturated rings. The summed E-state index contributed by atoms with van der Waals surface area (Å²) < 4.78 is 11.0. The smallest absolute Gasteiger partial charge is 0.335 e. The summed E-state index contributed by atoms with van der Waals surface area (Å²) in [5, 5.41) is 0. The molecule has 1 aliphatic heterocycles. The van der Waals surface area contributed by atoms with Crippen LogP contribution in [0, 0.1) is 0 Å². The van der Waals surface area contributed by atoms with Gasteiger partial charge in [-0.2, -0.15) is 0 Å². The second-order valence-corrected chi connectivity index (χ2v) is 4.62. The normalized spacial score (nSPS) is 19.6. The lowest BCUT2D eigenvalue weighted by Crippen LogP contribution is -2.40. The SMILES string of the molecule is C=CCN1C(C)=C(C(=O)OCC)CCC1OC/C=C/C. The molecule has 1 aliphatic rings. The highest BCUT2D eigenvalue weighted by Gasteiger charge is 2.29. The fraction of sp³-hybridized carbons (Fsp3) is 0.562. The summed E-state index contributed by atoms with van der Waals surface area (Å²) in [5.74, 6) is -0.217. The molecular weight excluding hydrogens is 254 g/mol. The van der Waals surface area contributed by atoms with E-state index in [4.69, 9.17) is 9.47 Å². The zero-order chi connectivity index (χ0) is 15.0. The lowest BCUT2D eigenvalue weighted by molar-refractivity contribution is -0.139. The molecule has 0 aliphatic carbocycles.